The Morgan fingerprint density at radius 1 is 1.20 bits per heavy atom. The van der Waals surface area contributed by atoms with E-state index >= 15 is 0 Å². The van der Waals surface area contributed by atoms with Gasteiger partial charge in [-0.1, -0.05) is 18.2 Å². The summed E-state index contributed by atoms with van der Waals surface area (Å²) >= 11 is 1.41. The Balaban J connectivity index is 2.06. The molecule has 0 aliphatic rings. The van der Waals surface area contributed by atoms with Gasteiger partial charge in [0.1, 0.15) is 11.3 Å². The van der Waals surface area contributed by atoms with Crippen LogP contribution in [0.5, 0.6) is 0 Å². The molecule has 0 amide bonds. The minimum atomic E-state index is 0.591. The Morgan fingerprint density at radius 2 is 2.05 bits per heavy atom. The van der Waals surface area contributed by atoms with Gasteiger partial charge in [0.25, 0.3) is 5.22 Å². The summed E-state index contributed by atoms with van der Waals surface area (Å²) in [6, 6.07) is 7.92. The molecule has 0 saturated heterocycles. The van der Waals surface area contributed by atoms with E-state index in [-0.39, 0.29) is 0 Å². The summed E-state index contributed by atoms with van der Waals surface area (Å²) in [4.78, 5) is 13.3. The maximum absolute atomic E-state index is 5.39. The quantitative estimate of drug-likeness (QED) is 0.740. The maximum Gasteiger partial charge on any atom is 0.262 e. The smallest absolute Gasteiger partial charge is 0.262 e. The summed E-state index contributed by atoms with van der Waals surface area (Å²) < 4.78 is 5.39. The van der Waals surface area contributed by atoms with Crippen LogP contribution in [0.3, 0.4) is 0 Å². The Hall–Kier alpha value is -2.08. The van der Waals surface area contributed by atoms with Crippen molar-refractivity contribution in [1.82, 2.24) is 15.0 Å². The van der Waals surface area contributed by atoms with Gasteiger partial charge < -0.3 is 9.73 Å². The van der Waals surface area contributed by atoms with Crippen LogP contribution < -0.4 is 5.32 Å². The Labute approximate surface area is 120 Å². The first-order chi connectivity index (χ1) is 9.76. The monoisotopic (exact) mass is 286 g/mol. The van der Waals surface area contributed by atoms with Gasteiger partial charge in [-0.15, -0.1) is 0 Å². The van der Waals surface area contributed by atoms with Crippen molar-refractivity contribution < 1.29 is 4.42 Å². The number of nitrogens with one attached hydrogen (secondary N) is 1. The number of nitrogens with zero attached hydrogens (tertiary/aromatic N) is 3. The lowest BCUT2D eigenvalue weighted by atomic mass is 10.2. The second kappa shape index (κ2) is 5.50. The molecule has 1 aromatic carbocycles. The number of oxazole rings is 1. The van der Waals surface area contributed by atoms with Crippen LogP contribution >= 0.6 is 11.8 Å². The van der Waals surface area contributed by atoms with Crippen LogP contribution in [-0.2, 0) is 0 Å². The molecule has 0 fully saturated rings. The predicted octanol–water partition coefficient (Wildman–Crippen LogP) is 3.51. The van der Waals surface area contributed by atoms with E-state index in [1.54, 1.807) is 6.26 Å². The fourth-order valence-corrected chi connectivity index (χ4v) is 2.69. The van der Waals surface area contributed by atoms with Crippen molar-refractivity contribution in [2.75, 3.05) is 11.9 Å². The van der Waals surface area contributed by atoms with E-state index in [9.17, 15) is 0 Å². The molecule has 0 radical (unpaired) electrons. The first kappa shape index (κ1) is 12.9. The van der Waals surface area contributed by atoms with Crippen LogP contribution in [0.15, 0.2) is 45.2 Å². The first-order valence-electron chi connectivity index (χ1n) is 6.37. The summed E-state index contributed by atoms with van der Waals surface area (Å²) in [5, 5.41) is 5.57. The summed E-state index contributed by atoms with van der Waals surface area (Å²) in [7, 11) is 0. The molecular weight excluding hydrogens is 272 g/mol. The lowest BCUT2D eigenvalue weighted by molar-refractivity contribution is 0.454. The van der Waals surface area contributed by atoms with Crippen molar-refractivity contribution in [3.8, 4) is 0 Å². The van der Waals surface area contributed by atoms with Crippen LogP contribution in [0.1, 0.15) is 12.6 Å². The standard InChI is InChI=1S/C14H14N4OS/c1-3-15-13-17-11-7-5-4-6-10(11)12(18-13)20-14-16-9(2)8-19-14/h4-8H,3H2,1-2H3,(H,15,17,18). The number of anilines is 1. The van der Waals surface area contributed by atoms with Gasteiger partial charge in [0.15, 0.2) is 0 Å². The van der Waals surface area contributed by atoms with Crippen LogP contribution in [0.25, 0.3) is 10.9 Å². The zero-order valence-corrected chi connectivity index (χ0v) is 12.1. The van der Waals surface area contributed by atoms with Crippen molar-refractivity contribution in [3.63, 3.8) is 0 Å². The highest BCUT2D eigenvalue weighted by Crippen LogP contribution is 2.31. The second-order valence-electron chi connectivity index (χ2n) is 4.26. The number of hydrogen-bond acceptors (Lipinski definition) is 6. The zero-order chi connectivity index (χ0) is 13.9. The van der Waals surface area contributed by atoms with E-state index in [1.807, 2.05) is 38.1 Å². The van der Waals surface area contributed by atoms with Crippen LogP contribution in [0, 0.1) is 6.92 Å². The minimum Gasteiger partial charge on any atom is -0.439 e. The lowest BCUT2D eigenvalue weighted by Gasteiger charge is -2.07. The topological polar surface area (TPSA) is 63.8 Å². The molecule has 0 aliphatic heterocycles. The maximum atomic E-state index is 5.39. The van der Waals surface area contributed by atoms with Crippen molar-refractivity contribution >= 4 is 28.6 Å². The van der Waals surface area contributed by atoms with E-state index < -0.39 is 0 Å². The number of hydrogen-bond donors (Lipinski definition) is 1. The Kier molecular flexibility index (Phi) is 3.56. The summed E-state index contributed by atoms with van der Waals surface area (Å²) in [6.45, 7) is 4.69. The fraction of sp³-hybridized carbons (Fsp3) is 0.214. The fourth-order valence-electron chi connectivity index (χ4n) is 1.82. The van der Waals surface area contributed by atoms with E-state index in [2.05, 4.69) is 20.3 Å². The number of para-hydroxylation sites is 1. The molecular formula is C14H14N4OS. The number of aromatic nitrogens is 3. The molecule has 3 rings (SSSR count). The number of fused-ring (bicyclic) bond motifs is 1. The van der Waals surface area contributed by atoms with Gasteiger partial charge in [0.05, 0.1) is 11.2 Å². The molecule has 6 heteroatoms. The lowest BCUT2D eigenvalue weighted by Crippen LogP contribution is -2.03. The third kappa shape index (κ3) is 2.60. The molecule has 0 spiro atoms. The van der Waals surface area contributed by atoms with E-state index in [0.717, 1.165) is 28.2 Å². The molecule has 0 bridgehead atoms. The van der Waals surface area contributed by atoms with Gasteiger partial charge in [-0.2, -0.15) is 0 Å². The van der Waals surface area contributed by atoms with Gasteiger partial charge in [-0.25, -0.2) is 15.0 Å². The minimum absolute atomic E-state index is 0.591. The molecule has 1 N–H and O–H groups in total. The van der Waals surface area contributed by atoms with Crippen molar-refractivity contribution in [3.05, 3.63) is 36.2 Å². The van der Waals surface area contributed by atoms with Crippen molar-refractivity contribution in [2.24, 2.45) is 0 Å². The van der Waals surface area contributed by atoms with E-state index in [0.29, 0.717) is 11.2 Å². The van der Waals surface area contributed by atoms with Gasteiger partial charge in [0, 0.05) is 11.9 Å². The third-order valence-corrected chi connectivity index (χ3v) is 3.55. The van der Waals surface area contributed by atoms with E-state index in [1.165, 1.54) is 11.8 Å². The molecule has 20 heavy (non-hydrogen) atoms. The largest absolute Gasteiger partial charge is 0.439 e. The van der Waals surface area contributed by atoms with E-state index in [4.69, 9.17) is 4.42 Å². The Bertz CT molecular complexity index is 741. The average Bonchev–Trinajstić information content (AvgIpc) is 2.85. The molecule has 5 nitrogen and oxygen atoms in total. The molecule has 0 unspecified atom stereocenters. The van der Waals surface area contributed by atoms with Crippen LogP contribution in [-0.4, -0.2) is 21.5 Å². The van der Waals surface area contributed by atoms with Gasteiger partial charge >= 0.3 is 0 Å². The summed E-state index contributed by atoms with van der Waals surface area (Å²) in [6.07, 6.45) is 1.64. The number of aryl methyl sites for hydroxylation is 1. The van der Waals surface area contributed by atoms with Gasteiger partial charge in [-0.3, -0.25) is 0 Å². The van der Waals surface area contributed by atoms with Crippen molar-refractivity contribution in [2.45, 2.75) is 24.1 Å². The Morgan fingerprint density at radius 3 is 2.80 bits per heavy atom. The van der Waals surface area contributed by atoms with Gasteiger partial charge in [0.2, 0.25) is 5.95 Å². The predicted molar refractivity (Wildman–Crippen MR) is 79.1 cm³/mol. The van der Waals surface area contributed by atoms with Crippen LogP contribution in [0.2, 0.25) is 0 Å². The molecule has 2 aromatic heterocycles. The highest BCUT2D eigenvalue weighted by atomic mass is 32.2. The summed E-state index contributed by atoms with van der Waals surface area (Å²) in [5.41, 5.74) is 1.77. The molecule has 0 aliphatic carbocycles. The highest BCUT2D eigenvalue weighted by molar-refractivity contribution is 7.99. The molecule has 102 valence electrons. The summed E-state index contributed by atoms with van der Waals surface area (Å²) in [5.74, 6) is 0.622. The normalized spacial score (nSPS) is 10.9. The molecule has 3 aromatic rings. The molecule has 0 atom stereocenters. The molecule has 2 heterocycles. The van der Waals surface area contributed by atoms with Crippen LogP contribution in [0.4, 0.5) is 5.95 Å². The molecule has 0 saturated carbocycles. The zero-order valence-electron chi connectivity index (χ0n) is 11.3. The van der Waals surface area contributed by atoms with Crippen molar-refractivity contribution in [1.29, 1.82) is 0 Å². The highest BCUT2D eigenvalue weighted by Gasteiger charge is 2.11. The SMILES string of the molecule is CCNc1nc(Sc2nc(C)co2)c2ccccc2n1. The number of rotatable bonds is 4. The third-order valence-electron chi connectivity index (χ3n) is 2.69. The first-order valence-corrected chi connectivity index (χ1v) is 7.18. The number of benzene rings is 1. The second-order valence-corrected chi connectivity index (χ2v) is 5.20. The van der Waals surface area contributed by atoms with Gasteiger partial charge in [-0.05, 0) is 31.7 Å². The average molecular weight is 286 g/mol.